The molecule has 0 N–H and O–H groups in total. The summed E-state index contributed by atoms with van der Waals surface area (Å²) in [6.45, 7) is 0. The molecule has 5 rings (SSSR count). The molecule has 3 aromatic heterocycles. The zero-order valence-corrected chi connectivity index (χ0v) is 14.8. The summed E-state index contributed by atoms with van der Waals surface area (Å²) >= 11 is 0. The van der Waals surface area contributed by atoms with Gasteiger partial charge in [-0.3, -0.25) is 4.98 Å². The Kier molecular flexibility index (Phi) is 3.74. The van der Waals surface area contributed by atoms with Gasteiger partial charge in [0.15, 0.2) is 11.6 Å². The van der Waals surface area contributed by atoms with Gasteiger partial charge in [-0.1, -0.05) is 12.1 Å². The zero-order chi connectivity index (χ0) is 18.2. The van der Waals surface area contributed by atoms with E-state index in [1.54, 1.807) is 31.8 Å². The first-order valence-corrected chi connectivity index (χ1v) is 8.86. The number of nitrogens with zero attached hydrogens (tertiary/aromatic N) is 5. The van der Waals surface area contributed by atoms with E-state index in [1.165, 1.54) is 5.56 Å². The van der Waals surface area contributed by atoms with E-state index < -0.39 is 0 Å². The molecule has 6 heteroatoms. The average Bonchev–Trinajstić information content (AvgIpc) is 3.54. The van der Waals surface area contributed by atoms with E-state index in [9.17, 15) is 0 Å². The number of methoxy groups -OCH3 is 1. The topological polar surface area (TPSA) is 73.7 Å². The molecule has 1 aliphatic rings. The normalized spacial score (nSPS) is 18.4. The van der Waals surface area contributed by atoms with Crippen LogP contribution in [0.2, 0.25) is 0 Å². The fraction of sp³-hybridized carbons (Fsp3) is 0.190. The number of hydrogen-bond acceptors (Lipinski definition) is 6. The van der Waals surface area contributed by atoms with Crippen molar-refractivity contribution >= 4 is 10.9 Å². The molecule has 0 aliphatic heterocycles. The van der Waals surface area contributed by atoms with Crippen molar-refractivity contribution in [3.8, 4) is 17.4 Å². The molecule has 4 aromatic rings. The lowest BCUT2D eigenvalue weighted by Gasteiger charge is -2.09. The van der Waals surface area contributed by atoms with Crippen LogP contribution >= 0.6 is 0 Å². The van der Waals surface area contributed by atoms with Crippen LogP contribution in [0.25, 0.3) is 22.6 Å². The molecule has 27 heavy (non-hydrogen) atoms. The van der Waals surface area contributed by atoms with Crippen LogP contribution in [-0.4, -0.2) is 32.0 Å². The number of ether oxygens (including phenoxy) is 1. The van der Waals surface area contributed by atoms with E-state index in [-0.39, 0.29) is 0 Å². The molecule has 1 aromatic carbocycles. The number of hydrogen-bond donors (Lipinski definition) is 0. The Balaban J connectivity index is 1.44. The van der Waals surface area contributed by atoms with Gasteiger partial charge >= 0.3 is 0 Å². The highest BCUT2D eigenvalue weighted by Crippen LogP contribution is 2.56. The minimum atomic E-state index is 0.424. The Morgan fingerprint density at radius 2 is 1.56 bits per heavy atom. The smallest absolute Gasteiger partial charge is 0.197 e. The van der Waals surface area contributed by atoms with Gasteiger partial charge in [0, 0.05) is 36.4 Å². The SMILES string of the molecule is COc1ccc(C2CC2c2cnc(-c3ncccn3)nc2)c2cccnc12. The lowest BCUT2D eigenvalue weighted by Crippen LogP contribution is -1.96. The fourth-order valence-electron chi connectivity index (χ4n) is 3.62. The van der Waals surface area contributed by atoms with E-state index in [1.807, 2.05) is 24.5 Å². The third-order valence-electron chi connectivity index (χ3n) is 5.04. The average molecular weight is 355 g/mol. The Hall–Kier alpha value is -3.41. The van der Waals surface area contributed by atoms with Gasteiger partial charge in [-0.25, -0.2) is 19.9 Å². The van der Waals surface area contributed by atoms with Crippen LogP contribution in [0.1, 0.15) is 29.4 Å². The second-order valence-corrected chi connectivity index (χ2v) is 6.62. The van der Waals surface area contributed by atoms with Crippen molar-refractivity contribution < 1.29 is 4.74 Å². The van der Waals surface area contributed by atoms with Gasteiger partial charge in [0.1, 0.15) is 11.3 Å². The quantitative estimate of drug-likeness (QED) is 0.555. The van der Waals surface area contributed by atoms with Crippen LogP contribution in [0.15, 0.2) is 61.3 Å². The van der Waals surface area contributed by atoms with Crippen LogP contribution in [0.4, 0.5) is 0 Å². The van der Waals surface area contributed by atoms with E-state index in [4.69, 9.17) is 4.74 Å². The molecule has 0 saturated heterocycles. The molecule has 2 atom stereocenters. The van der Waals surface area contributed by atoms with Crippen LogP contribution in [0, 0.1) is 0 Å². The molecule has 0 radical (unpaired) electrons. The molecule has 0 amide bonds. The summed E-state index contributed by atoms with van der Waals surface area (Å²) in [6, 6.07) is 10.0. The lowest BCUT2D eigenvalue weighted by molar-refractivity contribution is 0.419. The fourth-order valence-corrected chi connectivity index (χ4v) is 3.62. The molecule has 2 unspecified atom stereocenters. The molecule has 0 bridgehead atoms. The number of aromatic nitrogens is 5. The lowest BCUT2D eigenvalue weighted by atomic mass is 10.0. The highest BCUT2D eigenvalue weighted by atomic mass is 16.5. The molecule has 1 aliphatic carbocycles. The van der Waals surface area contributed by atoms with Crippen molar-refractivity contribution in [3.05, 3.63) is 72.4 Å². The maximum absolute atomic E-state index is 5.45. The predicted molar refractivity (Wildman–Crippen MR) is 101 cm³/mol. The first kappa shape index (κ1) is 15.8. The molecule has 6 nitrogen and oxygen atoms in total. The minimum Gasteiger partial charge on any atom is -0.494 e. The molecule has 3 heterocycles. The first-order chi connectivity index (χ1) is 13.3. The van der Waals surface area contributed by atoms with Crippen molar-refractivity contribution in [2.75, 3.05) is 7.11 Å². The Morgan fingerprint density at radius 1 is 0.815 bits per heavy atom. The van der Waals surface area contributed by atoms with Crippen molar-refractivity contribution in [2.45, 2.75) is 18.3 Å². The summed E-state index contributed by atoms with van der Waals surface area (Å²) in [5.74, 6) is 2.78. The second-order valence-electron chi connectivity index (χ2n) is 6.62. The summed E-state index contributed by atoms with van der Waals surface area (Å²) in [6.07, 6.45) is 10.1. The summed E-state index contributed by atoms with van der Waals surface area (Å²) < 4.78 is 5.45. The van der Waals surface area contributed by atoms with E-state index in [0.29, 0.717) is 23.5 Å². The van der Waals surface area contributed by atoms with Gasteiger partial charge in [-0.15, -0.1) is 0 Å². The highest BCUT2D eigenvalue weighted by molar-refractivity contribution is 5.88. The summed E-state index contributed by atoms with van der Waals surface area (Å²) in [7, 11) is 1.68. The molecule has 1 fully saturated rings. The van der Waals surface area contributed by atoms with E-state index in [2.05, 4.69) is 37.1 Å². The Bertz CT molecular complexity index is 1100. The monoisotopic (exact) mass is 355 g/mol. The van der Waals surface area contributed by atoms with Crippen LogP contribution in [0.3, 0.4) is 0 Å². The molecule has 0 spiro atoms. The number of pyridine rings is 1. The highest BCUT2D eigenvalue weighted by Gasteiger charge is 2.41. The summed E-state index contributed by atoms with van der Waals surface area (Å²) in [5, 5.41) is 1.15. The van der Waals surface area contributed by atoms with Gasteiger partial charge in [-0.05, 0) is 47.6 Å². The first-order valence-electron chi connectivity index (χ1n) is 8.86. The zero-order valence-electron chi connectivity index (χ0n) is 14.8. The second kappa shape index (κ2) is 6.39. The third kappa shape index (κ3) is 2.79. The van der Waals surface area contributed by atoms with Gasteiger partial charge in [0.2, 0.25) is 0 Å². The molecular formula is C21H17N5O. The maximum Gasteiger partial charge on any atom is 0.197 e. The van der Waals surface area contributed by atoms with Crippen molar-refractivity contribution in [2.24, 2.45) is 0 Å². The largest absolute Gasteiger partial charge is 0.494 e. The predicted octanol–water partition coefficient (Wildman–Crippen LogP) is 3.76. The van der Waals surface area contributed by atoms with E-state index >= 15 is 0 Å². The summed E-state index contributed by atoms with van der Waals surface area (Å²) in [5.41, 5.74) is 3.36. The van der Waals surface area contributed by atoms with E-state index in [0.717, 1.165) is 28.6 Å². The molecular weight excluding hydrogens is 338 g/mol. The van der Waals surface area contributed by atoms with Crippen LogP contribution < -0.4 is 4.74 Å². The van der Waals surface area contributed by atoms with Gasteiger partial charge < -0.3 is 4.74 Å². The van der Waals surface area contributed by atoms with Gasteiger partial charge in [-0.2, -0.15) is 0 Å². The van der Waals surface area contributed by atoms with Crippen LogP contribution in [0.5, 0.6) is 5.75 Å². The third-order valence-corrected chi connectivity index (χ3v) is 5.04. The van der Waals surface area contributed by atoms with Crippen molar-refractivity contribution in [1.82, 2.24) is 24.9 Å². The van der Waals surface area contributed by atoms with Crippen molar-refractivity contribution in [3.63, 3.8) is 0 Å². The summed E-state index contributed by atoms with van der Waals surface area (Å²) in [4.78, 5) is 21.8. The van der Waals surface area contributed by atoms with Gasteiger partial charge in [0.05, 0.1) is 7.11 Å². The number of fused-ring (bicyclic) bond motifs is 1. The van der Waals surface area contributed by atoms with Crippen molar-refractivity contribution in [1.29, 1.82) is 0 Å². The number of benzene rings is 1. The Morgan fingerprint density at radius 3 is 2.33 bits per heavy atom. The Labute approximate surface area is 156 Å². The number of rotatable bonds is 4. The maximum atomic E-state index is 5.45. The molecule has 132 valence electrons. The minimum absolute atomic E-state index is 0.424. The van der Waals surface area contributed by atoms with Crippen LogP contribution in [-0.2, 0) is 0 Å². The van der Waals surface area contributed by atoms with Gasteiger partial charge in [0.25, 0.3) is 0 Å². The standard InChI is InChI=1S/C21H17N5O/c1-27-18-6-5-14(15-4-2-7-22-19(15)18)17-10-16(17)13-11-25-21(26-12-13)20-23-8-3-9-24-20/h2-9,11-12,16-17H,10H2,1H3. The molecule has 1 saturated carbocycles.